The van der Waals surface area contributed by atoms with Gasteiger partial charge < -0.3 is 0 Å². The zero-order valence-corrected chi connectivity index (χ0v) is 12.5. The summed E-state index contributed by atoms with van der Waals surface area (Å²) in [6.07, 6.45) is 3.16. The molecule has 2 heterocycles. The summed E-state index contributed by atoms with van der Waals surface area (Å²) in [6, 6.07) is 5.39. The van der Waals surface area contributed by atoms with E-state index < -0.39 is 0 Å². The quantitative estimate of drug-likeness (QED) is 0.590. The smallest absolute Gasteiger partial charge is 0.203 e. The molecule has 0 aliphatic carbocycles. The van der Waals surface area contributed by atoms with Crippen LogP contribution in [0.3, 0.4) is 0 Å². The van der Waals surface area contributed by atoms with Crippen LogP contribution in [0.15, 0.2) is 35.0 Å². The Labute approximate surface area is 129 Å². The summed E-state index contributed by atoms with van der Waals surface area (Å²) in [5, 5.41) is 18.6. The van der Waals surface area contributed by atoms with Crippen molar-refractivity contribution in [2.45, 2.75) is 6.92 Å². The molecular formula is C12H10ClN7S. The molecular weight excluding hydrogens is 310 g/mol. The largest absolute Gasteiger partial charge is 0.253 e. The first-order valence-electron chi connectivity index (χ1n) is 5.96. The molecule has 0 saturated heterocycles. The maximum atomic E-state index is 6.02. The van der Waals surface area contributed by atoms with E-state index in [0.29, 0.717) is 5.02 Å². The van der Waals surface area contributed by atoms with Crippen molar-refractivity contribution >= 4 is 34.3 Å². The van der Waals surface area contributed by atoms with Gasteiger partial charge in [0.15, 0.2) is 0 Å². The number of thiazole rings is 1. The third-order valence-electron chi connectivity index (χ3n) is 2.57. The molecule has 3 aromatic rings. The first-order chi connectivity index (χ1) is 10.2. The van der Waals surface area contributed by atoms with Crippen LogP contribution in [0.25, 0.3) is 5.69 Å². The van der Waals surface area contributed by atoms with Gasteiger partial charge in [-0.05, 0) is 35.5 Å². The molecule has 0 unspecified atom stereocenters. The number of nitrogens with zero attached hydrogens (tertiary/aromatic N) is 6. The molecule has 0 fully saturated rings. The molecule has 21 heavy (non-hydrogen) atoms. The van der Waals surface area contributed by atoms with Crippen LogP contribution >= 0.6 is 22.9 Å². The first kappa shape index (κ1) is 13.7. The van der Waals surface area contributed by atoms with Gasteiger partial charge in [-0.25, -0.2) is 4.98 Å². The Kier molecular flexibility index (Phi) is 3.89. The summed E-state index contributed by atoms with van der Waals surface area (Å²) in [7, 11) is 0. The highest BCUT2D eigenvalue weighted by atomic mass is 35.5. The average Bonchev–Trinajstić information content (AvgIpc) is 3.11. The van der Waals surface area contributed by atoms with Crippen molar-refractivity contribution in [1.29, 1.82) is 0 Å². The highest BCUT2D eigenvalue weighted by molar-refractivity contribution is 7.13. The van der Waals surface area contributed by atoms with Crippen molar-refractivity contribution in [3.05, 3.63) is 46.2 Å². The third-order valence-corrected chi connectivity index (χ3v) is 3.67. The summed E-state index contributed by atoms with van der Waals surface area (Å²) in [6.45, 7) is 1.93. The van der Waals surface area contributed by atoms with Crippen molar-refractivity contribution in [3.8, 4) is 5.69 Å². The highest BCUT2D eigenvalue weighted by Crippen LogP contribution is 2.18. The maximum Gasteiger partial charge on any atom is 0.203 e. The number of aromatic nitrogens is 5. The second kappa shape index (κ2) is 5.98. The van der Waals surface area contributed by atoms with Crippen molar-refractivity contribution in [2.75, 3.05) is 5.43 Å². The minimum absolute atomic E-state index is 0.610. The molecule has 7 nitrogen and oxygen atoms in total. The highest BCUT2D eigenvalue weighted by Gasteiger charge is 2.05. The van der Waals surface area contributed by atoms with E-state index in [1.165, 1.54) is 17.7 Å². The fourth-order valence-electron chi connectivity index (χ4n) is 1.67. The molecule has 3 rings (SSSR count). The molecule has 0 atom stereocenters. The molecule has 2 aromatic heterocycles. The van der Waals surface area contributed by atoms with E-state index in [0.717, 1.165) is 22.1 Å². The second-order valence-corrected chi connectivity index (χ2v) is 5.42. The lowest BCUT2D eigenvalue weighted by molar-refractivity contribution is 0.788. The molecule has 0 radical (unpaired) electrons. The van der Waals surface area contributed by atoms with E-state index >= 15 is 0 Å². The molecule has 0 aliphatic heterocycles. The normalized spacial score (nSPS) is 11.1. The molecule has 0 spiro atoms. The van der Waals surface area contributed by atoms with E-state index in [2.05, 4.69) is 31.0 Å². The number of hydrazone groups is 1. The summed E-state index contributed by atoms with van der Waals surface area (Å²) in [5.74, 6) is 0. The molecule has 0 aliphatic rings. The van der Waals surface area contributed by atoms with Crippen LogP contribution in [0.4, 0.5) is 5.13 Å². The van der Waals surface area contributed by atoms with Gasteiger partial charge in [-0.15, -0.1) is 16.4 Å². The number of aryl methyl sites for hydroxylation is 1. The molecule has 0 bridgehead atoms. The maximum absolute atomic E-state index is 6.02. The van der Waals surface area contributed by atoms with Crippen LogP contribution in [-0.2, 0) is 0 Å². The van der Waals surface area contributed by atoms with E-state index in [-0.39, 0.29) is 0 Å². The van der Waals surface area contributed by atoms with Crippen LogP contribution in [0, 0.1) is 6.92 Å². The van der Waals surface area contributed by atoms with Crippen LogP contribution < -0.4 is 5.43 Å². The lowest BCUT2D eigenvalue weighted by Gasteiger charge is -2.04. The van der Waals surface area contributed by atoms with E-state index in [9.17, 15) is 0 Å². The fraction of sp³-hybridized carbons (Fsp3) is 0.0833. The Morgan fingerprint density at radius 3 is 3.05 bits per heavy atom. The van der Waals surface area contributed by atoms with Crippen molar-refractivity contribution in [1.82, 2.24) is 25.2 Å². The molecule has 0 saturated carbocycles. The van der Waals surface area contributed by atoms with Gasteiger partial charge in [0, 0.05) is 16.0 Å². The van der Waals surface area contributed by atoms with Crippen LogP contribution in [0.2, 0.25) is 5.02 Å². The number of halogens is 1. The van der Waals surface area contributed by atoms with Gasteiger partial charge in [-0.2, -0.15) is 9.78 Å². The molecule has 9 heteroatoms. The first-order valence-corrected chi connectivity index (χ1v) is 7.22. The predicted molar refractivity (Wildman–Crippen MR) is 82.2 cm³/mol. The standard InChI is InChI=1S/C12H10ClN7S/c1-8-6-21-12(16-8)17-14-5-9-4-10(13)2-3-11(9)20-7-15-18-19-20/h2-7H,1H3,(H,16,17). The summed E-state index contributed by atoms with van der Waals surface area (Å²) in [5.41, 5.74) is 5.40. The van der Waals surface area contributed by atoms with Crippen molar-refractivity contribution in [3.63, 3.8) is 0 Å². The Bertz CT molecular complexity index is 766. The minimum Gasteiger partial charge on any atom is -0.253 e. The zero-order valence-electron chi connectivity index (χ0n) is 10.9. The average molecular weight is 320 g/mol. The van der Waals surface area contributed by atoms with Crippen LogP contribution in [-0.4, -0.2) is 31.4 Å². The summed E-state index contributed by atoms with van der Waals surface area (Å²) in [4.78, 5) is 4.26. The van der Waals surface area contributed by atoms with Gasteiger partial charge in [0.25, 0.3) is 0 Å². The minimum atomic E-state index is 0.610. The molecule has 1 N–H and O–H groups in total. The second-order valence-electron chi connectivity index (χ2n) is 4.12. The summed E-state index contributed by atoms with van der Waals surface area (Å²) < 4.78 is 1.55. The molecule has 1 aromatic carbocycles. The van der Waals surface area contributed by atoms with Gasteiger partial charge in [0.2, 0.25) is 5.13 Å². The summed E-state index contributed by atoms with van der Waals surface area (Å²) >= 11 is 7.51. The van der Waals surface area contributed by atoms with Crippen molar-refractivity contribution < 1.29 is 0 Å². The zero-order chi connectivity index (χ0) is 14.7. The number of nitrogens with one attached hydrogen (secondary N) is 1. The third kappa shape index (κ3) is 3.23. The SMILES string of the molecule is Cc1csc(NN=Cc2cc(Cl)ccc2-n2cnnn2)n1. The number of hydrogen-bond acceptors (Lipinski definition) is 7. The lowest BCUT2D eigenvalue weighted by Crippen LogP contribution is -2.01. The number of anilines is 1. The Balaban J connectivity index is 1.85. The lowest BCUT2D eigenvalue weighted by atomic mass is 10.2. The number of benzene rings is 1. The van der Waals surface area contributed by atoms with E-state index in [1.807, 2.05) is 18.4 Å². The van der Waals surface area contributed by atoms with Gasteiger partial charge in [0.1, 0.15) is 6.33 Å². The number of tetrazole rings is 1. The topological polar surface area (TPSA) is 80.9 Å². The van der Waals surface area contributed by atoms with Crippen molar-refractivity contribution in [2.24, 2.45) is 5.10 Å². The van der Waals surface area contributed by atoms with E-state index in [1.54, 1.807) is 23.0 Å². The van der Waals surface area contributed by atoms with Gasteiger partial charge in [0.05, 0.1) is 17.6 Å². The Morgan fingerprint density at radius 1 is 1.43 bits per heavy atom. The van der Waals surface area contributed by atoms with E-state index in [4.69, 9.17) is 11.6 Å². The predicted octanol–water partition coefficient (Wildman–Crippen LogP) is 2.53. The van der Waals surface area contributed by atoms with Crippen LogP contribution in [0.1, 0.15) is 11.3 Å². The fourth-order valence-corrected chi connectivity index (χ4v) is 2.49. The number of rotatable bonds is 4. The van der Waals surface area contributed by atoms with Gasteiger partial charge >= 0.3 is 0 Å². The van der Waals surface area contributed by atoms with Crippen LogP contribution in [0.5, 0.6) is 0 Å². The number of hydrogen-bond donors (Lipinski definition) is 1. The molecule has 0 amide bonds. The Morgan fingerprint density at radius 2 is 2.33 bits per heavy atom. The molecule has 106 valence electrons. The monoisotopic (exact) mass is 319 g/mol. The van der Waals surface area contributed by atoms with Gasteiger partial charge in [-0.3, -0.25) is 5.43 Å². The Hall–Kier alpha value is -2.32. The van der Waals surface area contributed by atoms with Gasteiger partial charge in [-0.1, -0.05) is 11.6 Å².